The van der Waals surface area contributed by atoms with Gasteiger partial charge in [-0.1, -0.05) is 80.4 Å². The molecule has 9 atom stereocenters. The van der Waals surface area contributed by atoms with E-state index in [0.29, 0.717) is 54.9 Å². The maximum atomic E-state index is 14.7. The first-order valence-corrected chi connectivity index (χ1v) is 26.8. The number of aliphatic carboxylic acids is 1. The molecule has 1 aliphatic rings. The van der Waals surface area contributed by atoms with Gasteiger partial charge in [-0.3, -0.25) is 43.3 Å². The maximum Gasteiger partial charge on any atom is 0.312 e. The van der Waals surface area contributed by atoms with E-state index >= 15 is 0 Å². The number of thiazole rings is 1. The number of piperidine rings is 1. The van der Waals surface area contributed by atoms with Crippen molar-refractivity contribution in [1.29, 1.82) is 0 Å². The molecule has 21 nitrogen and oxygen atoms in total. The van der Waals surface area contributed by atoms with Crippen molar-refractivity contribution in [3.8, 4) is 0 Å². The number of likely N-dealkylation sites (N-methyl/N-ethyl adjacent to an activating group) is 1. The molecule has 412 valence electrons. The second kappa shape index (κ2) is 30.9. The van der Waals surface area contributed by atoms with Crippen molar-refractivity contribution in [1.82, 2.24) is 41.4 Å². The summed E-state index contributed by atoms with van der Waals surface area (Å²) in [6.07, 6.45) is 4.27. The summed E-state index contributed by atoms with van der Waals surface area (Å²) < 4.78 is 5.88. The van der Waals surface area contributed by atoms with Crippen LogP contribution in [0.2, 0.25) is 0 Å². The van der Waals surface area contributed by atoms with Crippen LogP contribution < -0.4 is 37.6 Å². The number of benzene rings is 1. The molecule has 1 aliphatic heterocycles. The lowest BCUT2D eigenvalue weighted by atomic mass is 9.92. The zero-order valence-electron chi connectivity index (χ0n) is 44.9. The minimum Gasteiger partial charge on any atom is -0.481 e. The molecule has 1 saturated heterocycles. The Morgan fingerprint density at radius 3 is 2.19 bits per heavy atom. The van der Waals surface area contributed by atoms with Gasteiger partial charge in [-0.2, -0.15) is 0 Å². The van der Waals surface area contributed by atoms with Gasteiger partial charge in [-0.25, -0.2) is 9.78 Å². The predicted octanol–water partition coefficient (Wildman–Crippen LogP) is 4.51. The van der Waals surface area contributed by atoms with E-state index < -0.39 is 77.9 Å². The first kappa shape index (κ1) is 62.1. The molecule has 2 aromatic rings. The van der Waals surface area contributed by atoms with Crippen molar-refractivity contribution < 1.29 is 53.0 Å². The number of esters is 1. The number of amides is 8. The van der Waals surface area contributed by atoms with E-state index in [2.05, 4.69) is 36.9 Å². The highest BCUT2D eigenvalue weighted by atomic mass is 32.1. The van der Waals surface area contributed by atoms with Crippen molar-refractivity contribution in [3.63, 3.8) is 0 Å². The summed E-state index contributed by atoms with van der Waals surface area (Å²) in [5, 5.41) is 28.2. The first-order valence-electron chi connectivity index (χ1n) is 25.9. The van der Waals surface area contributed by atoms with Crippen LogP contribution in [0.5, 0.6) is 0 Å². The van der Waals surface area contributed by atoms with E-state index in [0.717, 1.165) is 30.7 Å². The third kappa shape index (κ3) is 19.6. The Bertz CT molecular complexity index is 2190. The van der Waals surface area contributed by atoms with E-state index in [1.807, 2.05) is 46.6 Å². The average Bonchev–Trinajstić information content (AvgIpc) is 3.84. The molecule has 1 fully saturated rings. The fourth-order valence-corrected chi connectivity index (χ4v) is 9.87. The number of hydrogen-bond acceptors (Lipinski definition) is 13. The number of nitrogens with two attached hydrogens (primary N) is 1. The maximum absolute atomic E-state index is 14.7. The van der Waals surface area contributed by atoms with Gasteiger partial charge in [0.25, 0.3) is 5.91 Å². The smallest absolute Gasteiger partial charge is 0.312 e. The molecule has 3 rings (SSSR count). The summed E-state index contributed by atoms with van der Waals surface area (Å²) in [7, 11) is 1.93. The standard InChI is InChI=1S/C52H82N10O11S/c1-11-23-62(50(69)44(32(7)12-2)60-47(67)40-17-13-14-24-61(40)10)41(30(3)4)27-42(73-34(9)64)49-59-39(28-74-49)46(66)57-37(25-33(8)51(70)71)26-35-18-20-36(21-19-35)56-45(65)38(16-15-22-54-52(53)72)58-48(68)43(31(5)6)55-29-63/h18-21,28-33,37-38,40-44H,11-17,22-27H2,1-10H3,(H,55,63)(H,56,65)(H,57,66)(H,58,68)(H,60,67)(H,70,71)(H3,53,54,72)/t32-,33-,37+,38-,40+,41+,42+,43-,44-/m0/s1. The number of nitrogens with one attached hydrogen (secondary N) is 6. The van der Waals surface area contributed by atoms with Gasteiger partial charge in [0, 0.05) is 49.6 Å². The van der Waals surface area contributed by atoms with Gasteiger partial charge in [-0.15, -0.1) is 11.3 Å². The average molecular weight is 1060 g/mol. The molecule has 8 amide bonds. The predicted molar refractivity (Wildman–Crippen MR) is 282 cm³/mol. The fraction of sp³-hybridized carbons (Fsp3) is 0.654. The van der Waals surface area contributed by atoms with Gasteiger partial charge in [0.1, 0.15) is 28.8 Å². The number of urea groups is 1. The van der Waals surface area contributed by atoms with Crippen LogP contribution in [0, 0.1) is 23.7 Å². The fourth-order valence-electron chi connectivity index (χ4n) is 9.03. The molecular weight excluding hydrogens is 973 g/mol. The Morgan fingerprint density at radius 1 is 0.932 bits per heavy atom. The van der Waals surface area contributed by atoms with E-state index in [9.17, 15) is 48.3 Å². The number of carboxylic acids is 1. The Hall–Kier alpha value is -6.16. The van der Waals surface area contributed by atoms with E-state index in [-0.39, 0.29) is 73.5 Å². The van der Waals surface area contributed by atoms with Gasteiger partial charge >= 0.3 is 18.0 Å². The zero-order valence-corrected chi connectivity index (χ0v) is 45.7. The SMILES string of the molecule is CCCN(C(=O)[C@@H](NC(=O)[C@H]1CCCCN1C)[C@@H](C)CC)[C@H](C[C@@H](OC(C)=O)c1nc(C(=O)N[C@@H](Cc2ccc(NC(=O)[C@H](CCCNC(N)=O)NC(=O)[C@@H](NC=O)C(C)C)cc2)C[C@H](C)C(=O)O)cs1)C(C)C. The molecule has 2 heterocycles. The minimum atomic E-state index is -1.05. The lowest BCUT2D eigenvalue weighted by molar-refractivity contribution is -0.150. The number of carbonyl (C=O) groups is 9. The molecule has 0 radical (unpaired) electrons. The van der Waals surface area contributed by atoms with Crippen LogP contribution in [-0.2, 0) is 44.7 Å². The molecule has 0 aliphatic carbocycles. The van der Waals surface area contributed by atoms with Gasteiger partial charge < -0.3 is 52.4 Å². The van der Waals surface area contributed by atoms with Crippen molar-refractivity contribution in [3.05, 3.63) is 45.9 Å². The number of primary amides is 1. The van der Waals surface area contributed by atoms with Crippen LogP contribution in [0.4, 0.5) is 10.5 Å². The number of rotatable bonds is 31. The highest BCUT2D eigenvalue weighted by Crippen LogP contribution is 2.32. The molecule has 0 saturated carbocycles. The summed E-state index contributed by atoms with van der Waals surface area (Å²) >= 11 is 1.12. The van der Waals surface area contributed by atoms with E-state index in [4.69, 9.17) is 10.5 Å². The number of likely N-dealkylation sites (tertiary alicyclic amines) is 1. The Balaban J connectivity index is 1.84. The van der Waals surface area contributed by atoms with Crippen LogP contribution in [0.25, 0.3) is 0 Å². The van der Waals surface area contributed by atoms with Crippen LogP contribution >= 0.6 is 11.3 Å². The molecule has 74 heavy (non-hydrogen) atoms. The normalized spacial score (nSPS) is 17.0. The van der Waals surface area contributed by atoms with Crippen molar-refractivity contribution in [2.45, 2.75) is 169 Å². The van der Waals surface area contributed by atoms with Crippen LogP contribution in [0.3, 0.4) is 0 Å². The monoisotopic (exact) mass is 1050 g/mol. The van der Waals surface area contributed by atoms with Crippen molar-refractivity contribution in [2.75, 3.05) is 32.0 Å². The lowest BCUT2D eigenvalue weighted by Gasteiger charge is -2.40. The van der Waals surface area contributed by atoms with Crippen molar-refractivity contribution in [2.24, 2.45) is 29.4 Å². The summed E-state index contributed by atoms with van der Waals surface area (Å²) in [5.74, 6) is -5.11. The summed E-state index contributed by atoms with van der Waals surface area (Å²) in [6.45, 7) is 17.5. The van der Waals surface area contributed by atoms with Crippen LogP contribution in [0.15, 0.2) is 29.6 Å². The second-order valence-electron chi connectivity index (χ2n) is 20.1. The first-order chi connectivity index (χ1) is 35.0. The molecule has 1 aromatic heterocycles. The zero-order chi connectivity index (χ0) is 55.2. The number of nitrogens with zero attached hydrogens (tertiary/aromatic N) is 3. The van der Waals surface area contributed by atoms with Gasteiger partial charge in [0.05, 0.1) is 12.0 Å². The van der Waals surface area contributed by atoms with E-state index in [1.54, 1.807) is 43.0 Å². The third-order valence-corrected chi connectivity index (χ3v) is 14.4. The number of anilines is 1. The van der Waals surface area contributed by atoms with Crippen molar-refractivity contribution >= 4 is 70.9 Å². The largest absolute Gasteiger partial charge is 0.481 e. The molecule has 0 bridgehead atoms. The highest BCUT2D eigenvalue weighted by molar-refractivity contribution is 7.09. The molecule has 0 spiro atoms. The summed E-state index contributed by atoms with van der Waals surface area (Å²) in [6, 6.07) is 1.76. The molecule has 9 N–H and O–H groups in total. The lowest BCUT2D eigenvalue weighted by Crippen LogP contribution is -2.58. The number of ether oxygens (including phenoxy) is 1. The van der Waals surface area contributed by atoms with Gasteiger partial charge in [-0.05, 0) is 94.0 Å². The van der Waals surface area contributed by atoms with Crippen LogP contribution in [0.1, 0.15) is 147 Å². The molecule has 1 aromatic carbocycles. The second-order valence-corrected chi connectivity index (χ2v) is 21.0. The topological polar surface area (TPSA) is 301 Å². The quantitative estimate of drug-likeness (QED) is 0.0293. The Kier molecular flexibility index (Phi) is 25.9. The Labute approximate surface area is 440 Å². The van der Waals surface area contributed by atoms with Gasteiger partial charge in [0.15, 0.2) is 6.10 Å². The minimum absolute atomic E-state index is 0.0247. The number of aromatic nitrogens is 1. The van der Waals surface area contributed by atoms with E-state index in [1.165, 1.54) is 19.2 Å². The molecular formula is C52H82N10O11S. The number of carboxylic acid groups (broad SMARTS) is 1. The number of carbonyl (C=O) groups excluding carboxylic acids is 8. The molecule has 0 unspecified atom stereocenters. The van der Waals surface area contributed by atoms with Crippen LogP contribution in [-0.4, -0.2) is 137 Å². The molecule has 22 heteroatoms. The summed E-state index contributed by atoms with van der Waals surface area (Å²) in [4.78, 5) is 125. The Morgan fingerprint density at radius 2 is 1.62 bits per heavy atom. The highest BCUT2D eigenvalue weighted by Gasteiger charge is 2.39. The third-order valence-electron chi connectivity index (χ3n) is 13.5. The van der Waals surface area contributed by atoms with Gasteiger partial charge in [0.2, 0.25) is 30.0 Å². The number of hydrogen-bond donors (Lipinski definition) is 8. The summed E-state index contributed by atoms with van der Waals surface area (Å²) in [5.41, 5.74) is 6.27.